The number of carbonyl (C=O) groups is 3. The van der Waals surface area contributed by atoms with E-state index in [9.17, 15) is 14.4 Å². The summed E-state index contributed by atoms with van der Waals surface area (Å²) in [6, 6.07) is 1.52. The summed E-state index contributed by atoms with van der Waals surface area (Å²) in [6.45, 7) is 3.53. The van der Waals surface area contributed by atoms with Crippen molar-refractivity contribution < 1.29 is 23.6 Å². The third kappa shape index (κ3) is 3.77. The minimum absolute atomic E-state index is 0.0608. The van der Waals surface area contributed by atoms with Gasteiger partial charge in [0, 0.05) is 10.9 Å². The van der Waals surface area contributed by atoms with Gasteiger partial charge in [-0.05, 0) is 45.1 Å². The van der Waals surface area contributed by atoms with Gasteiger partial charge in [0.2, 0.25) is 5.76 Å². The van der Waals surface area contributed by atoms with Crippen molar-refractivity contribution >= 4 is 34.2 Å². The van der Waals surface area contributed by atoms with Crippen molar-refractivity contribution in [3.8, 4) is 0 Å². The molecule has 0 bridgehead atoms. The zero-order chi connectivity index (χ0) is 18.7. The summed E-state index contributed by atoms with van der Waals surface area (Å²) in [5.41, 5.74) is 1.79. The third-order valence-electron chi connectivity index (χ3n) is 3.97. The van der Waals surface area contributed by atoms with E-state index >= 15 is 0 Å². The quantitative estimate of drug-likeness (QED) is 0.847. The SMILES string of the molecule is CCOC(=O)NC(=O)c1c(NC(=O)c2cc(C)no2)sc2c1CCCC2. The molecule has 0 saturated carbocycles. The van der Waals surface area contributed by atoms with Crippen LogP contribution >= 0.6 is 11.3 Å². The number of nitrogens with zero attached hydrogens (tertiary/aromatic N) is 1. The maximum Gasteiger partial charge on any atom is 0.414 e. The number of imide groups is 1. The van der Waals surface area contributed by atoms with Gasteiger partial charge in [-0.15, -0.1) is 11.3 Å². The van der Waals surface area contributed by atoms with Crippen LogP contribution in [0.3, 0.4) is 0 Å². The lowest BCUT2D eigenvalue weighted by Gasteiger charge is -2.12. The molecule has 138 valence electrons. The molecule has 8 nitrogen and oxygen atoms in total. The number of rotatable bonds is 4. The van der Waals surface area contributed by atoms with Crippen molar-refractivity contribution in [3.63, 3.8) is 0 Å². The van der Waals surface area contributed by atoms with Gasteiger partial charge in [0.15, 0.2) is 0 Å². The molecule has 26 heavy (non-hydrogen) atoms. The van der Waals surface area contributed by atoms with Crippen LogP contribution in [0.15, 0.2) is 10.6 Å². The molecule has 2 aromatic heterocycles. The molecule has 0 aromatic carbocycles. The summed E-state index contributed by atoms with van der Waals surface area (Å²) >= 11 is 1.35. The molecule has 2 N–H and O–H groups in total. The number of hydrogen-bond donors (Lipinski definition) is 2. The van der Waals surface area contributed by atoms with Gasteiger partial charge in [-0.25, -0.2) is 4.79 Å². The number of alkyl carbamates (subject to hydrolysis) is 1. The highest BCUT2D eigenvalue weighted by Crippen LogP contribution is 2.38. The van der Waals surface area contributed by atoms with E-state index in [0.29, 0.717) is 16.3 Å². The topological polar surface area (TPSA) is 111 Å². The zero-order valence-corrected chi connectivity index (χ0v) is 15.3. The Labute approximate surface area is 153 Å². The first-order chi connectivity index (χ1) is 12.5. The van der Waals surface area contributed by atoms with Crippen LogP contribution in [-0.2, 0) is 17.6 Å². The van der Waals surface area contributed by atoms with E-state index in [-0.39, 0.29) is 12.4 Å². The molecule has 0 unspecified atom stereocenters. The fourth-order valence-corrected chi connectivity index (χ4v) is 4.13. The lowest BCUT2D eigenvalue weighted by Crippen LogP contribution is -2.32. The molecule has 1 aliphatic carbocycles. The van der Waals surface area contributed by atoms with Crippen molar-refractivity contribution in [2.24, 2.45) is 0 Å². The Balaban J connectivity index is 1.89. The molecule has 2 aromatic rings. The van der Waals surface area contributed by atoms with E-state index in [2.05, 4.69) is 15.8 Å². The Kier molecular flexibility index (Phi) is 5.36. The maximum atomic E-state index is 12.6. The summed E-state index contributed by atoms with van der Waals surface area (Å²) in [5, 5.41) is 9.02. The fourth-order valence-electron chi connectivity index (χ4n) is 2.85. The van der Waals surface area contributed by atoms with Crippen LogP contribution in [0.1, 0.15) is 56.8 Å². The van der Waals surface area contributed by atoms with Gasteiger partial charge in [0.25, 0.3) is 11.8 Å². The Hall–Kier alpha value is -2.68. The second-order valence-electron chi connectivity index (χ2n) is 5.88. The number of carbonyl (C=O) groups excluding carboxylic acids is 3. The predicted molar refractivity (Wildman–Crippen MR) is 94.6 cm³/mol. The normalized spacial score (nSPS) is 13.0. The monoisotopic (exact) mass is 377 g/mol. The number of thiophene rings is 1. The number of fused-ring (bicyclic) bond motifs is 1. The lowest BCUT2D eigenvalue weighted by atomic mass is 9.95. The van der Waals surface area contributed by atoms with E-state index in [0.717, 1.165) is 36.1 Å². The number of anilines is 1. The fraction of sp³-hybridized carbons (Fsp3) is 0.412. The molecule has 3 rings (SSSR count). The average molecular weight is 377 g/mol. The first-order valence-electron chi connectivity index (χ1n) is 8.37. The highest BCUT2D eigenvalue weighted by Gasteiger charge is 2.28. The molecule has 0 atom stereocenters. The van der Waals surface area contributed by atoms with Crippen LogP contribution in [0.2, 0.25) is 0 Å². The van der Waals surface area contributed by atoms with Crippen molar-refractivity contribution in [1.82, 2.24) is 10.5 Å². The minimum Gasteiger partial charge on any atom is -0.450 e. The van der Waals surface area contributed by atoms with Crippen LogP contribution in [-0.4, -0.2) is 29.7 Å². The van der Waals surface area contributed by atoms with Crippen LogP contribution in [0, 0.1) is 6.92 Å². The Morgan fingerprint density at radius 1 is 1.27 bits per heavy atom. The van der Waals surface area contributed by atoms with Gasteiger partial charge in [-0.1, -0.05) is 5.16 Å². The van der Waals surface area contributed by atoms with Gasteiger partial charge in [-0.3, -0.25) is 14.9 Å². The Morgan fingerprint density at radius 3 is 2.73 bits per heavy atom. The molecule has 0 fully saturated rings. The van der Waals surface area contributed by atoms with Crippen LogP contribution in [0.25, 0.3) is 0 Å². The van der Waals surface area contributed by atoms with Gasteiger partial charge in [0.1, 0.15) is 5.00 Å². The smallest absolute Gasteiger partial charge is 0.414 e. The zero-order valence-electron chi connectivity index (χ0n) is 14.5. The number of aryl methyl sites for hydroxylation is 2. The van der Waals surface area contributed by atoms with Crippen molar-refractivity contribution in [1.29, 1.82) is 0 Å². The van der Waals surface area contributed by atoms with Crippen LogP contribution in [0.4, 0.5) is 9.80 Å². The predicted octanol–water partition coefficient (Wildman–Crippen LogP) is 3.06. The molecule has 1 aliphatic rings. The van der Waals surface area contributed by atoms with Crippen LogP contribution in [0.5, 0.6) is 0 Å². The molecule has 0 saturated heterocycles. The first-order valence-corrected chi connectivity index (χ1v) is 9.18. The number of ether oxygens (including phenoxy) is 1. The molecule has 3 amide bonds. The summed E-state index contributed by atoms with van der Waals surface area (Å²) < 4.78 is 9.73. The summed E-state index contributed by atoms with van der Waals surface area (Å²) in [6.07, 6.45) is 2.75. The van der Waals surface area contributed by atoms with Gasteiger partial charge in [-0.2, -0.15) is 0 Å². The third-order valence-corrected chi connectivity index (χ3v) is 5.18. The molecule has 2 heterocycles. The van der Waals surface area contributed by atoms with Crippen LogP contribution < -0.4 is 10.6 Å². The average Bonchev–Trinajstić information content (AvgIpc) is 3.18. The number of amides is 3. The van der Waals surface area contributed by atoms with E-state index in [1.54, 1.807) is 13.8 Å². The van der Waals surface area contributed by atoms with Crippen molar-refractivity contribution in [2.75, 3.05) is 11.9 Å². The lowest BCUT2D eigenvalue weighted by molar-refractivity contribution is 0.0925. The summed E-state index contributed by atoms with van der Waals surface area (Å²) in [7, 11) is 0. The van der Waals surface area contributed by atoms with Gasteiger partial charge >= 0.3 is 6.09 Å². The number of nitrogens with one attached hydrogen (secondary N) is 2. The Bertz CT molecular complexity index is 855. The minimum atomic E-state index is -0.809. The van der Waals surface area contributed by atoms with Crippen molar-refractivity contribution in [3.05, 3.63) is 33.5 Å². The van der Waals surface area contributed by atoms with E-state index in [1.807, 2.05) is 0 Å². The first kappa shape index (κ1) is 18.1. The number of hydrogen-bond acceptors (Lipinski definition) is 7. The molecule has 0 radical (unpaired) electrons. The Morgan fingerprint density at radius 2 is 2.04 bits per heavy atom. The molecule has 9 heteroatoms. The molecule has 0 spiro atoms. The second kappa shape index (κ2) is 7.69. The molecule has 0 aliphatic heterocycles. The number of aromatic nitrogens is 1. The summed E-state index contributed by atoms with van der Waals surface area (Å²) in [5.74, 6) is -1.01. The largest absolute Gasteiger partial charge is 0.450 e. The summed E-state index contributed by atoms with van der Waals surface area (Å²) in [4.78, 5) is 37.7. The van der Waals surface area contributed by atoms with E-state index < -0.39 is 17.9 Å². The van der Waals surface area contributed by atoms with E-state index in [1.165, 1.54) is 17.4 Å². The van der Waals surface area contributed by atoms with Gasteiger partial charge < -0.3 is 14.6 Å². The highest BCUT2D eigenvalue weighted by atomic mass is 32.1. The second-order valence-corrected chi connectivity index (χ2v) is 6.98. The van der Waals surface area contributed by atoms with Crippen molar-refractivity contribution in [2.45, 2.75) is 39.5 Å². The maximum absolute atomic E-state index is 12.6. The van der Waals surface area contributed by atoms with Gasteiger partial charge in [0.05, 0.1) is 17.9 Å². The molecular weight excluding hydrogens is 358 g/mol. The standard InChI is InChI=1S/C17H19N3O5S/c1-3-24-17(23)19-15(22)13-10-6-4-5-7-12(10)26-16(13)18-14(21)11-8-9(2)20-25-11/h8H,3-7H2,1-2H3,(H,18,21)(H,19,22,23). The molecular formula is C17H19N3O5S. The van der Waals surface area contributed by atoms with E-state index in [4.69, 9.17) is 9.26 Å². The highest BCUT2D eigenvalue weighted by molar-refractivity contribution is 7.17.